The predicted molar refractivity (Wildman–Crippen MR) is 63.8 cm³/mol. The van der Waals surface area contributed by atoms with E-state index in [1.54, 1.807) is 13.3 Å². The molecule has 0 aliphatic rings. The summed E-state index contributed by atoms with van der Waals surface area (Å²) >= 11 is 0. The first-order valence-electron chi connectivity index (χ1n) is 5.25. The molecule has 0 N–H and O–H groups in total. The molecule has 0 aliphatic carbocycles. The van der Waals surface area contributed by atoms with Crippen molar-refractivity contribution in [2.24, 2.45) is 0 Å². The van der Waals surface area contributed by atoms with Crippen LogP contribution in [0.4, 0.5) is 0 Å². The van der Waals surface area contributed by atoms with Gasteiger partial charge < -0.3 is 9.47 Å². The highest BCUT2D eigenvalue weighted by molar-refractivity contribution is 5.83. The van der Waals surface area contributed by atoms with Gasteiger partial charge in [0.15, 0.2) is 0 Å². The smallest absolute Gasteiger partial charge is 0.302 e. The van der Waals surface area contributed by atoms with Gasteiger partial charge in [-0.05, 0) is 24.3 Å². The van der Waals surface area contributed by atoms with Crippen LogP contribution in [0.5, 0.6) is 5.75 Å². The van der Waals surface area contributed by atoms with Gasteiger partial charge in [0, 0.05) is 24.1 Å². The van der Waals surface area contributed by atoms with Gasteiger partial charge in [-0.2, -0.15) is 0 Å². The maximum atomic E-state index is 10.8. The van der Waals surface area contributed by atoms with E-state index in [4.69, 9.17) is 9.47 Å². The van der Waals surface area contributed by atoms with E-state index in [0.717, 1.165) is 22.2 Å². The molecule has 2 aromatic rings. The van der Waals surface area contributed by atoms with Gasteiger partial charge in [0.2, 0.25) is 0 Å². The Morgan fingerprint density at radius 2 is 2.18 bits per heavy atom. The van der Waals surface area contributed by atoms with E-state index in [9.17, 15) is 4.79 Å². The van der Waals surface area contributed by atoms with Crippen molar-refractivity contribution in [3.8, 4) is 5.75 Å². The third-order valence-corrected chi connectivity index (χ3v) is 2.47. The summed E-state index contributed by atoms with van der Waals surface area (Å²) < 4.78 is 10.2. The fourth-order valence-corrected chi connectivity index (χ4v) is 1.61. The number of methoxy groups -OCH3 is 1. The number of rotatable bonds is 3. The Morgan fingerprint density at radius 3 is 2.88 bits per heavy atom. The number of carbonyl (C=O) groups excluding carboxylic acids is 1. The van der Waals surface area contributed by atoms with Crippen molar-refractivity contribution in [2.75, 3.05) is 7.11 Å². The van der Waals surface area contributed by atoms with Crippen LogP contribution in [0, 0.1) is 0 Å². The molecule has 0 spiro atoms. The van der Waals surface area contributed by atoms with E-state index in [1.807, 2.05) is 24.3 Å². The molecule has 0 bridgehead atoms. The van der Waals surface area contributed by atoms with Gasteiger partial charge in [-0.3, -0.25) is 9.78 Å². The standard InChI is InChI=1S/C13H13NO3/c1-9(15)17-8-10-5-6-14-13-4-3-11(16-2)7-12(10)13/h3-7H,8H2,1-2H3. The van der Waals surface area contributed by atoms with Crippen LogP contribution in [-0.4, -0.2) is 18.1 Å². The molecule has 2 rings (SSSR count). The highest BCUT2D eigenvalue weighted by Crippen LogP contribution is 2.22. The minimum Gasteiger partial charge on any atom is -0.497 e. The van der Waals surface area contributed by atoms with Crippen molar-refractivity contribution in [3.05, 3.63) is 36.0 Å². The molecule has 0 aliphatic heterocycles. The Hall–Kier alpha value is -2.10. The zero-order chi connectivity index (χ0) is 12.3. The quantitative estimate of drug-likeness (QED) is 0.760. The number of carbonyl (C=O) groups is 1. The molecule has 4 nitrogen and oxygen atoms in total. The van der Waals surface area contributed by atoms with Crippen LogP contribution in [0.1, 0.15) is 12.5 Å². The minimum atomic E-state index is -0.294. The normalized spacial score (nSPS) is 10.2. The Labute approximate surface area is 99.2 Å². The van der Waals surface area contributed by atoms with Gasteiger partial charge in [0.25, 0.3) is 0 Å². The molecule has 1 aromatic carbocycles. The number of hydrogen-bond acceptors (Lipinski definition) is 4. The first-order chi connectivity index (χ1) is 8.20. The topological polar surface area (TPSA) is 48.4 Å². The second kappa shape index (κ2) is 4.82. The van der Waals surface area contributed by atoms with E-state index in [1.165, 1.54) is 6.92 Å². The number of fused-ring (bicyclic) bond motifs is 1. The number of nitrogens with zero attached hydrogens (tertiary/aromatic N) is 1. The average molecular weight is 231 g/mol. The largest absolute Gasteiger partial charge is 0.497 e. The third-order valence-electron chi connectivity index (χ3n) is 2.47. The fraction of sp³-hybridized carbons (Fsp3) is 0.231. The average Bonchev–Trinajstić information content (AvgIpc) is 2.35. The molecular weight excluding hydrogens is 218 g/mol. The number of esters is 1. The third kappa shape index (κ3) is 2.53. The first-order valence-corrected chi connectivity index (χ1v) is 5.25. The summed E-state index contributed by atoms with van der Waals surface area (Å²) in [7, 11) is 1.61. The number of hydrogen-bond donors (Lipinski definition) is 0. The lowest BCUT2D eigenvalue weighted by Gasteiger charge is -2.07. The summed E-state index contributed by atoms with van der Waals surface area (Å²) in [6.45, 7) is 1.64. The highest BCUT2D eigenvalue weighted by Gasteiger charge is 2.05. The molecular formula is C13H13NO3. The van der Waals surface area contributed by atoms with E-state index >= 15 is 0 Å². The Bertz CT molecular complexity index is 551. The van der Waals surface area contributed by atoms with Gasteiger partial charge in [-0.1, -0.05) is 0 Å². The number of ether oxygens (including phenoxy) is 2. The van der Waals surface area contributed by atoms with Crippen LogP contribution in [-0.2, 0) is 16.1 Å². The summed E-state index contributed by atoms with van der Waals surface area (Å²) in [5, 5.41) is 0.938. The number of aromatic nitrogens is 1. The molecule has 0 unspecified atom stereocenters. The maximum Gasteiger partial charge on any atom is 0.302 e. The van der Waals surface area contributed by atoms with E-state index in [2.05, 4.69) is 4.98 Å². The SMILES string of the molecule is COc1ccc2nccc(COC(C)=O)c2c1. The van der Waals surface area contributed by atoms with Crippen LogP contribution in [0.3, 0.4) is 0 Å². The molecule has 0 atom stereocenters. The zero-order valence-corrected chi connectivity index (χ0v) is 9.77. The van der Waals surface area contributed by atoms with Crippen LogP contribution in [0.2, 0.25) is 0 Å². The molecule has 1 aromatic heterocycles. The molecule has 0 amide bonds. The van der Waals surface area contributed by atoms with Crippen LogP contribution in [0.15, 0.2) is 30.5 Å². The van der Waals surface area contributed by atoms with Crippen LogP contribution in [0.25, 0.3) is 10.9 Å². The monoisotopic (exact) mass is 231 g/mol. The molecule has 0 saturated heterocycles. The second-order valence-corrected chi connectivity index (χ2v) is 3.63. The minimum absolute atomic E-state index is 0.252. The fourth-order valence-electron chi connectivity index (χ4n) is 1.61. The molecule has 88 valence electrons. The van der Waals surface area contributed by atoms with E-state index in [-0.39, 0.29) is 12.6 Å². The summed E-state index contributed by atoms with van der Waals surface area (Å²) in [4.78, 5) is 15.1. The van der Waals surface area contributed by atoms with Gasteiger partial charge >= 0.3 is 5.97 Å². The van der Waals surface area contributed by atoms with E-state index < -0.39 is 0 Å². The second-order valence-electron chi connectivity index (χ2n) is 3.63. The van der Waals surface area contributed by atoms with Crippen molar-refractivity contribution in [1.29, 1.82) is 0 Å². The molecule has 1 heterocycles. The molecule has 17 heavy (non-hydrogen) atoms. The summed E-state index contributed by atoms with van der Waals surface area (Å²) in [6, 6.07) is 7.46. The zero-order valence-electron chi connectivity index (χ0n) is 9.77. The number of benzene rings is 1. The van der Waals surface area contributed by atoms with Crippen LogP contribution < -0.4 is 4.74 Å². The lowest BCUT2D eigenvalue weighted by atomic mass is 10.1. The summed E-state index contributed by atoms with van der Waals surface area (Å²) in [6.07, 6.45) is 1.70. The lowest BCUT2D eigenvalue weighted by Crippen LogP contribution is -2.00. The summed E-state index contributed by atoms with van der Waals surface area (Å²) in [5.41, 5.74) is 1.78. The van der Waals surface area contributed by atoms with Gasteiger partial charge in [0.05, 0.1) is 12.6 Å². The van der Waals surface area contributed by atoms with Crippen molar-refractivity contribution in [2.45, 2.75) is 13.5 Å². The predicted octanol–water partition coefficient (Wildman–Crippen LogP) is 2.31. The van der Waals surface area contributed by atoms with Gasteiger partial charge in [-0.15, -0.1) is 0 Å². The van der Waals surface area contributed by atoms with Crippen LogP contribution >= 0.6 is 0 Å². The van der Waals surface area contributed by atoms with Crippen molar-refractivity contribution in [3.63, 3.8) is 0 Å². The Kier molecular flexibility index (Phi) is 3.23. The Balaban J connectivity index is 2.43. The molecule has 4 heteroatoms. The highest BCUT2D eigenvalue weighted by atomic mass is 16.5. The van der Waals surface area contributed by atoms with E-state index in [0.29, 0.717) is 0 Å². The van der Waals surface area contributed by atoms with Crippen molar-refractivity contribution in [1.82, 2.24) is 4.98 Å². The number of pyridine rings is 1. The summed E-state index contributed by atoms with van der Waals surface area (Å²) in [5.74, 6) is 0.465. The van der Waals surface area contributed by atoms with Gasteiger partial charge in [0.1, 0.15) is 12.4 Å². The van der Waals surface area contributed by atoms with Gasteiger partial charge in [-0.25, -0.2) is 0 Å². The molecule has 0 saturated carbocycles. The maximum absolute atomic E-state index is 10.8. The molecule has 0 radical (unpaired) electrons. The first kappa shape index (κ1) is 11.4. The van der Waals surface area contributed by atoms with Crippen molar-refractivity contribution < 1.29 is 14.3 Å². The molecule has 0 fully saturated rings. The Morgan fingerprint density at radius 1 is 1.35 bits per heavy atom. The van der Waals surface area contributed by atoms with Crippen molar-refractivity contribution >= 4 is 16.9 Å². The lowest BCUT2D eigenvalue weighted by molar-refractivity contribution is -0.142.